The van der Waals surface area contributed by atoms with Crippen molar-refractivity contribution >= 4 is 10.9 Å². The molecule has 1 N–H and O–H groups in total. The summed E-state index contributed by atoms with van der Waals surface area (Å²) in [6, 6.07) is 11.3. The van der Waals surface area contributed by atoms with Gasteiger partial charge in [0, 0.05) is 17.6 Å². The van der Waals surface area contributed by atoms with Crippen molar-refractivity contribution in [3.63, 3.8) is 0 Å². The Hall–Kier alpha value is -1.41. The lowest BCUT2D eigenvalue weighted by Crippen LogP contribution is -2.19. The Morgan fingerprint density at radius 3 is 2.89 bits per heavy atom. The van der Waals surface area contributed by atoms with Crippen LogP contribution in [0.4, 0.5) is 0 Å². The maximum absolute atomic E-state index is 4.46. The maximum atomic E-state index is 4.46. The van der Waals surface area contributed by atoms with E-state index in [1.807, 2.05) is 12.3 Å². The minimum Gasteiger partial charge on any atom is -0.313 e. The van der Waals surface area contributed by atoms with E-state index in [0.29, 0.717) is 6.04 Å². The molecule has 1 atom stereocenters. The quantitative estimate of drug-likeness (QED) is 0.889. The summed E-state index contributed by atoms with van der Waals surface area (Å²) in [7, 11) is 2.07. The van der Waals surface area contributed by atoms with Crippen LogP contribution in [-0.2, 0) is 0 Å². The molecule has 2 heteroatoms. The van der Waals surface area contributed by atoms with E-state index in [-0.39, 0.29) is 0 Å². The third-order valence-electron chi connectivity index (χ3n) is 4.42. The highest BCUT2D eigenvalue weighted by Crippen LogP contribution is 2.33. The van der Waals surface area contributed by atoms with Gasteiger partial charge in [0.15, 0.2) is 0 Å². The van der Waals surface area contributed by atoms with E-state index >= 15 is 0 Å². The van der Waals surface area contributed by atoms with Gasteiger partial charge in [0.05, 0.1) is 5.52 Å². The van der Waals surface area contributed by atoms with Gasteiger partial charge < -0.3 is 5.32 Å². The van der Waals surface area contributed by atoms with Crippen molar-refractivity contribution in [2.75, 3.05) is 7.05 Å². The zero-order chi connectivity index (χ0) is 13.1. The van der Waals surface area contributed by atoms with Gasteiger partial charge in [0.25, 0.3) is 0 Å². The monoisotopic (exact) mass is 254 g/mol. The fourth-order valence-corrected chi connectivity index (χ4v) is 3.30. The summed E-state index contributed by atoms with van der Waals surface area (Å²) in [5.74, 6) is 0.900. The number of rotatable bonds is 4. The summed E-state index contributed by atoms with van der Waals surface area (Å²) in [4.78, 5) is 4.46. The summed E-state index contributed by atoms with van der Waals surface area (Å²) < 4.78 is 0. The molecule has 1 aliphatic rings. The summed E-state index contributed by atoms with van der Waals surface area (Å²) in [6.45, 7) is 0. The Labute approximate surface area is 115 Å². The molecule has 0 spiro atoms. The fraction of sp³-hybridized carbons (Fsp3) is 0.471. The topological polar surface area (TPSA) is 24.9 Å². The molecule has 19 heavy (non-hydrogen) atoms. The zero-order valence-corrected chi connectivity index (χ0v) is 11.6. The first-order valence-corrected chi connectivity index (χ1v) is 7.39. The highest BCUT2D eigenvalue weighted by molar-refractivity contribution is 5.78. The van der Waals surface area contributed by atoms with Crippen LogP contribution in [0, 0.1) is 5.92 Å². The lowest BCUT2D eigenvalue weighted by Gasteiger charge is -2.20. The van der Waals surface area contributed by atoms with Gasteiger partial charge in [-0.05, 0) is 37.1 Å². The van der Waals surface area contributed by atoms with Crippen molar-refractivity contribution < 1.29 is 0 Å². The molecule has 1 unspecified atom stereocenters. The Balaban J connectivity index is 1.83. The van der Waals surface area contributed by atoms with Crippen LogP contribution >= 0.6 is 0 Å². The molecular formula is C17H22N2. The molecule has 1 aliphatic carbocycles. The summed E-state index contributed by atoms with van der Waals surface area (Å²) in [5.41, 5.74) is 2.48. The van der Waals surface area contributed by atoms with E-state index < -0.39 is 0 Å². The van der Waals surface area contributed by atoms with Crippen LogP contribution in [-0.4, -0.2) is 12.0 Å². The van der Waals surface area contributed by atoms with Crippen molar-refractivity contribution in [1.29, 1.82) is 0 Å². The first kappa shape index (κ1) is 12.6. The number of nitrogens with one attached hydrogen (secondary N) is 1. The number of pyridine rings is 1. The second-order valence-electron chi connectivity index (χ2n) is 5.68. The average molecular weight is 254 g/mol. The van der Waals surface area contributed by atoms with Gasteiger partial charge in [-0.15, -0.1) is 0 Å². The number of benzene rings is 1. The minimum absolute atomic E-state index is 0.467. The zero-order valence-electron chi connectivity index (χ0n) is 11.6. The van der Waals surface area contributed by atoms with Gasteiger partial charge in [-0.3, -0.25) is 4.98 Å². The van der Waals surface area contributed by atoms with E-state index in [0.717, 1.165) is 11.4 Å². The molecule has 0 radical (unpaired) electrons. The SMILES string of the molecule is CNC(CC1CCCC1)c1ccc2cccnc2c1. The van der Waals surface area contributed by atoms with Crippen LogP contribution in [0.25, 0.3) is 10.9 Å². The molecule has 0 saturated heterocycles. The predicted octanol–water partition coefficient (Wildman–Crippen LogP) is 4.08. The lowest BCUT2D eigenvalue weighted by atomic mass is 9.93. The van der Waals surface area contributed by atoms with Gasteiger partial charge in [-0.1, -0.05) is 43.9 Å². The minimum atomic E-state index is 0.467. The summed E-state index contributed by atoms with van der Waals surface area (Å²) in [6.07, 6.45) is 8.78. The van der Waals surface area contributed by atoms with E-state index in [9.17, 15) is 0 Å². The van der Waals surface area contributed by atoms with Crippen molar-refractivity contribution in [1.82, 2.24) is 10.3 Å². The molecule has 1 aromatic carbocycles. The van der Waals surface area contributed by atoms with Gasteiger partial charge in [0.1, 0.15) is 0 Å². The first-order chi connectivity index (χ1) is 9.36. The molecule has 1 fully saturated rings. The highest BCUT2D eigenvalue weighted by atomic mass is 14.9. The number of fused-ring (bicyclic) bond motifs is 1. The largest absolute Gasteiger partial charge is 0.313 e. The average Bonchev–Trinajstić information content (AvgIpc) is 2.97. The molecule has 1 heterocycles. The Morgan fingerprint density at radius 1 is 1.26 bits per heavy atom. The third-order valence-corrected chi connectivity index (χ3v) is 4.42. The standard InChI is InChI=1S/C17H22N2/c1-18-16(11-13-5-2-3-6-13)15-9-8-14-7-4-10-19-17(14)12-15/h4,7-10,12-13,16,18H,2-3,5-6,11H2,1H3. The van der Waals surface area contributed by atoms with Crippen molar-refractivity contribution in [3.8, 4) is 0 Å². The van der Waals surface area contributed by atoms with E-state index in [1.165, 1.54) is 43.1 Å². The van der Waals surface area contributed by atoms with Gasteiger partial charge in [-0.2, -0.15) is 0 Å². The van der Waals surface area contributed by atoms with Crippen LogP contribution in [0.3, 0.4) is 0 Å². The molecule has 100 valence electrons. The van der Waals surface area contributed by atoms with Crippen LogP contribution in [0.1, 0.15) is 43.7 Å². The van der Waals surface area contributed by atoms with Crippen molar-refractivity contribution in [2.24, 2.45) is 5.92 Å². The smallest absolute Gasteiger partial charge is 0.0705 e. The predicted molar refractivity (Wildman–Crippen MR) is 80.1 cm³/mol. The molecule has 1 aromatic heterocycles. The maximum Gasteiger partial charge on any atom is 0.0705 e. The molecule has 1 saturated carbocycles. The lowest BCUT2D eigenvalue weighted by molar-refractivity contribution is 0.413. The van der Waals surface area contributed by atoms with Crippen molar-refractivity contribution in [3.05, 3.63) is 42.1 Å². The Morgan fingerprint density at radius 2 is 2.11 bits per heavy atom. The summed E-state index contributed by atoms with van der Waals surface area (Å²) >= 11 is 0. The molecule has 3 rings (SSSR count). The van der Waals surface area contributed by atoms with Gasteiger partial charge in [-0.25, -0.2) is 0 Å². The number of hydrogen-bond donors (Lipinski definition) is 1. The van der Waals surface area contributed by atoms with E-state index in [1.54, 1.807) is 0 Å². The summed E-state index contributed by atoms with van der Waals surface area (Å²) in [5, 5.41) is 4.71. The van der Waals surface area contributed by atoms with E-state index in [2.05, 4.69) is 41.6 Å². The number of nitrogens with zero attached hydrogens (tertiary/aromatic N) is 1. The third kappa shape index (κ3) is 2.79. The number of aromatic nitrogens is 1. The van der Waals surface area contributed by atoms with Crippen molar-refractivity contribution in [2.45, 2.75) is 38.1 Å². The molecule has 2 aromatic rings. The van der Waals surface area contributed by atoms with Gasteiger partial charge >= 0.3 is 0 Å². The normalized spacial score (nSPS) is 17.9. The van der Waals surface area contributed by atoms with Crippen LogP contribution in [0.2, 0.25) is 0 Å². The molecule has 0 bridgehead atoms. The second kappa shape index (κ2) is 5.70. The molecule has 0 amide bonds. The van der Waals surface area contributed by atoms with Crippen LogP contribution in [0.5, 0.6) is 0 Å². The Kier molecular flexibility index (Phi) is 3.79. The van der Waals surface area contributed by atoms with Crippen LogP contribution in [0.15, 0.2) is 36.5 Å². The molecule has 0 aliphatic heterocycles. The Bertz CT molecular complexity index is 544. The van der Waals surface area contributed by atoms with E-state index in [4.69, 9.17) is 0 Å². The highest BCUT2D eigenvalue weighted by Gasteiger charge is 2.20. The molecule has 2 nitrogen and oxygen atoms in total. The number of hydrogen-bond acceptors (Lipinski definition) is 2. The van der Waals surface area contributed by atoms with Gasteiger partial charge in [0.2, 0.25) is 0 Å². The molecular weight excluding hydrogens is 232 g/mol. The second-order valence-corrected chi connectivity index (χ2v) is 5.68. The fourth-order valence-electron chi connectivity index (χ4n) is 3.30. The first-order valence-electron chi connectivity index (χ1n) is 7.39. The van der Waals surface area contributed by atoms with Crippen LogP contribution < -0.4 is 5.32 Å².